The van der Waals surface area contributed by atoms with E-state index in [-0.39, 0.29) is 5.82 Å². The number of nitrogen functional groups attached to an aromatic ring is 1. The zero-order chi connectivity index (χ0) is 12.4. The zero-order valence-corrected chi connectivity index (χ0v) is 9.96. The number of methoxy groups -OCH3 is 1. The van der Waals surface area contributed by atoms with Gasteiger partial charge in [0.05, 0.1) is 7.11 Å². The molecule has 4 heteroatoms. The maximum Gasteiger partial charge on any atom is 0.148 e. The van der Waals surface area contributed by atoms with E-state index in [0.717, 1.165) is 18.5 Å². The van der Waals surface area contributed by atoms with Gasteiger partial charge in [0, 0.05) is 22.8 Å². The van der Waals surface area contributed by atoms with Crippen LogP contribution in [-0.2, 0) is 6.42 Å². The van der Waals surface area contributed by atoms with Gasteiger partial charge in [0.25, 0.3) is 0 Å². The third kappa shape index (κ3) is 2.16. The minimum Gasteiger partial charge on any atom is -0.494 e. The Labute approximate surface area is 99.4 Å². The molecule has 2 N–H and O–H groups in total. The predicted molar refractivity (Wildman–Crippen MR) is 66.7 cm³/mol. The van der Waals surface area contributed by atoms with Gasteiger partial charge in [0.15, 0.2) is 0 Å². The van der Waals surface area contributed by atoms with Crippen molar-refractivity contribution in [1.29, 1.82) is 0 Å². The van der Waals surface area contributed by atoms with E-state index in [0.29, 0.717) is 22.3 Å². The average Bonchev–Trinajstić information content (AvgIpc) is 2.30. The SMILES string of the molecule is CCCc1cc(N)c2cc(F)cc(OC)c2n1. The Morgan fingerprint density at radius 2 is 2.12 bits per heavy atom. The number of fused-ring (bicyclic) bond motifs is 1. The van der Waals surface area contributed by atoms with Gasteiger partial charge in [-0.1, -0.05) is 13.3 Å². The van der Waals surface area contributed by atoms with Crippen LogP contribution in [0.15, 0.2) is 18.2 Å². The summed E-state index contributed by atoms with van der Waals surface area (Å²) in [5, 5.41) is 0.599. The first kappa shape index (κ1) is 11.6. The molecule has 0 atom stereocenters. The lowest BCUT2D eigenvalue weighted by Crippen LogP contribution is -1.98. The van der Waals surface area contributed by atoms with Gasteiger partial charge in [-0.25, -0.2) is 9.37 Å². The van der Waals surface area contributed by atoms with Crippen LogP contribution in [0.25, 0.3) is 10.9 Å². The van der Waals surface area contributed by atoms with Crippen LogP contribution in [0.5, 0.6) is 5.75 Å². The molecular weight excluding hydrogens is 219 g/mol. The summed E-state index contributed by atoms with van der Waals surface area (Å²) in [5.74, 6) is 0.0516. The van der Waals surface area contributed by atoms with E-state index >= 15 is 0 Å². The molecule has 0 unspecified atom stereocenters. The molecular formula is C13H15FN2O. The summed E-state index contributed by atoms with van der Waals surface area (Å²) in [7, 11) is 1.50. The molecule has 3 nitrogen and oxygen atoms in total. The molecule has 0 aliphatic carbocycles. The fraction of sp³-hybridized carbons (Fsp3) is 0.308. The molecule has 2 rings (SSSR count). The van der Waals surface area contributed by atoms with Crippen molar-refractivity contribution in [2.24, 2.45) is 0 Å². The average molecular weight is 234 g/mol. The van der Waals surface area contributed by atoms with E-state index in [4.69, 9.17) is 10.5 Å². The van der Waals surface area contributed by atoms with Crippen molar-refractivity contribution < 1.29 is 9.13 Å². The van der Waals surface area contributed by atoms with E-state index in [9.17, 15) is 4.39 Å². The highest BCUT2D eigenvalue weighted by molar-refractivity contribution is 5.94. The number of anilines is 1. The quantitative estimate of drug-likeness (QED) is 0.888. The number of aryl methyl sites for hydroxylation is 1. The lowest BCUT2D eigenvalue weighted by Gasteiger charge is -2.09. The normalized spacial score (nSPS) is 10.8. The Morgan fingerprint density at radius 1 is 1.35 bits per heavy atom. The molecule has 0 saturated carbocycles. The van der Waals surface area contributed by atoms with Crippen molar-refractivity contribution in [3.05, 3.63) is 29.7 Å². The first-order chi connectivity index (χ1) is 8.15. The highest BCUT2D eigenvalue weighted by Gasteiger charge is 2.10. The van der Waals surface area contributed by atoms with Gasteiger partial charge in [-0.3, -0.25) is 0 Å². The summed E-state index contributed by atoms with van der Waals surface area (Å²) >= 11 is 0. The number of ether oxygens (including phenoxy) is 1. The van der Waals surface area contributed by atoms with E-state index in [1.54, 1.807) is 6.07 Å². The van der Waals surface area contributed by atoms with Crippen LogP contribution in [0.3, 0.4) is 0 Å². The van der Waals surface area contributed by atoms with Gasteiger partial charge in [-0.15, -0.1) is 0 Å². The molecule has 0 aliphatic rings. The van der Waals surface area contributed by atoms with Gasteiger partial charge in [-0.05, 0) is 18.6 Å². The second-order valence-corrected chi connectivity index (χ2v) is 3.96. The Balaban J connectivity index is 2.72. The van der Waals surface area contributed by atoms with Gasteiger partial charge >= 0.3 is 0 Å². The van der Waals surface area contributed by atoms with Crippen LogP contribution in [0.2, 0.25) is 0 Å². The van der Waals surface area contributed by atoms with E-state index in [1.165, 1.54) is 19.2 Å². The third-order valence-corrected chi connectivity index (χ3v) is 2.65. The Hall–Kier alpha value is -1.84. The summed E-state index contributed by atoms with van der Waals surface area (Å²) in [5.41, 5.74) is 7.98. The van der Waals surface area contributed by atoms with Crippen LogP contribution in [0.4, 0.5) is 10.1 Å². The first-order valence-corrected chi connectivity index (χ1v) is 5.58. The van der Waals surface area contributed by atoms with Gasteiger partial charge in [0.2, 0.25) is 0 Å². The number of hydrogen-bond donors (Lipinski definition) is 1. The molecule has 0 aliphatic heterocycles. The van der Waals surface area contributed by atoms with Crippen molar-refractivity contribution in [1.82, 2.24) is 4.98 Å². The van der Waals surface area contributed by atoms with Gasteiger partial charge < -0.3 is 10.5 Å². The molecule has 0 bridgehead atoms. The first-order valence-electron chi connectivity index (χ1n) is 5.58. The second-order valence-electron chi connectivity index (χ2n) is 3.96. The maximum absolute atomic E-state index is 13.3. The molecule has 1 aromatic heterocycles. The minimum atomic E-state index is -0.369. The van der Waals surface area contributed by atoms with E-state index in [2.05, 4.69) is 11.9 Å². The molecule has 2 aromatic rings. The second kappa shape index (κ2) is 4.57. The van der Waals surface area contributed by atoms with Crippen LogP contribution < -0.4 is 10.5 Å². The lowest BCUT2D eigenvalue weighted by atomic mass is 10.1. The summed E-state index contributed by atoms with van der Waals surface area (Å²) in [4.78, 5) is 4.47. The Morgan fingerprint density at radius 3 is 2.76 bits per heavy atom. The topological polar surface area (TPSA) is 48.1 Å². The van der Waals surface area contributed by atoms with Crippen molar-refractivity contribution in [2.45, 2.75) is 19.8 Å². The fourth-order valence-corrected chi connectivity index (χ4v) is 1.88. The number of rotatable bonds is 3. The molecule has 0 radical (unpaired) electrons. The number of benzene rings is 1. The summed E-state index contributed by atoms with van der Waals surface area (Å²) < 4.78 is 18.5. The lowest BCUT2D eigenvalue weighted by molar-refractivity contribution is 0.415. The predicted octanol–water partition coefficient (Wildman–Crippen LogP) is 2.92. The number of halogens is 1. The van der Waals surface area contributed by atoms with Crippen molar-refractivity contribution in [3.8, 4) is 5.75 Å². The van der Waals surface area contributed by atoms with Crippen molar-refractivity contribution >= 4 is 16.6 Å². The highest BCUT2D eigenvalue weighted by Crippen LogP contribution is 2.29. The molecule has 0 fully saturated rings. The molecule has 0 amide bonds. The van der Waals surface area contributed by atoms with Crippen molar-refractivity contribution in [2.75, 3.05) is 12.8 Å². The Kier molecular flexibility index (Phi) is 3.13. The number of pyridine rings is 1. The smallest absolute Gasteiger partial charge is 0.148 e. The van der Waals surface area contributed by atoms with Crippen LogP contribution in [0.1, 0.15) is 19.0 Å². The number of aromatic nitrogens is 1. The maximum atomic E-state index is 13.3. The summed E-state index contributed by atoms with van der Waals surface area (Å²) in [6, 6.07) is 4.51. The number of nitrogens with two attached hydrogens (primary N) is 1. The molecule has 1 heterocycles. The highest BCUT2D eigenvalue weighted by atomic mass is 19.1. The van der Waals surface area contributed by atoms with Gasteiger partial charge in [0.1, 0.15) is 17.1 Å². The third-order valence-electron chi connectivity index (χ3n) is 2.65. The van der Waals surface area contributed by atoms with Crippen LogP contribution >= 0.6 is 0 Å². The van der Waals surface area contributed by atoms with Crippen molar-refractivity contribution in [3.63, 3.8) is 0 Å². The molecule has 0 saturated heterocycles. The monoisotopic (exact) mass is 234 g/mol. The van der Waals surface area contributed by atoms with Gasteiger partial charge in [-0.2, -0.15) is 0 Å². The number of hydrogen-bond acceptors (Lipinski definition) is 3. The molecule has 17 heavy (non-hydrogen) atoms. The standard InChI is InChI=1S/C13H15FN2O/c1-3-4-9-7-11(15)10-5-8(14)6-12(17-2)13(10)16-9/h5-7H,3-4H2,1-2H3,(H2,15,16). The fourth-order valence-electron chi connectivity index (χ4n) is 1.88. The molecule has 90 valence electrons. The Bertz CT molecular complexity index is 555. The minimum absolute atomic E-state index is 0.369. The molecule has 0 spiro atoms. The largest absolute Gasteiger partial charge is 0.494 e. The summed E-state index contributed by atoms with van der Waals surface area (Å²) in [6.07, 6.45) is 1.84. The number of nitrogens with zero attached hydrogens (tertiary/aromatic N) is 1. The summed E-state index contributed by atoms with van der Waals surface area (Å²) in [6.45, 7) is 2.07. The van der Waals surface area contributed by atoms with Crippen LogP contribution in [-0.4, -0.2) is 12.1 Å². The van der Waals surface area contributed by atoms with Crippen LogP contribution in [0, 0.1) is 5.82 Å². The zero-order valence-electron chi connectivity index (χ0n) is 9.96. The van der Waals surface area contributed by atoms with E-state index < -0.39 is 0 Å². The van der Waals surface area contributed by atoms with E-state index in [1.807, 2.05) is 0 Å². The molecule has 1 aromatic carbocycles.